The Morgan fingerprint density at radius 2 is 2.23 bits per heavy atom. The summed E-state index contributed by atoms with van der Waals surface area (Å²) in [4.78, 5) is 16.0. The van der Waals surface area contributed by atoms with Gasteiger partial charge in [-0.3, -0.25) is 9.78 Å². The van der Waals surface area contributed by atoms with E-state index in [4.69, 9.17) is 0 Å². The van der Waals surface area contributed by atoms with Crippen molar-refractivity contribution in [1.82, 2.24) is 4.98 Å². The Hall–Kier alpha value is -2.27. The standard InChI is InChI=1S/C17H19FN2O2/c1-12(7-13-3-2-4-15(18)9-13)8-17(22)20-16-10-19-6-5-14(16)11-21/h2-6,9-10,12,21H,7-8,11H2,1H3,(H,20,22). The largest absolute Gasteiger partial charge is 0.392 e. The molecule has 0 aliphatic carbocycles. The van der Waals surface area contributed by atoms with Gasteiger partial charge in [0.2, 0.25) is 5.91 Å². The van der Waals surface area contributed by atoms with E-state index in [1.807, 2.05) is 13.0 Å². The predicted octanol–water partition coefficient (Wildman–Crippen LogP) is 2.92. The number of carbonyl (C=O) groups is 1. The Morgan fingerprint density at radius 1 is 1.41 bits per heavy atom. The zero-order valence-electron chi connectivity index (χ0n) is 12.4. The molecular weight excluding hydrogens is 283 g/mol. The van der Waals surface area contributed by atoms with Gasteiger partial charge in [-0.05, 0) is 36.1 Å². The first kappa shape index (κ1) is 16.1. The summed E-state index contributed by atoms with van der Waals surface area (Å²) in [5.41, 5.74) is 2.02. The van der Waals surface area contributed by atoms with Crippen LogP contribution in [0.25, 0.3) is 0 Å². The van der Waals surface area contributed by atoms with Crippen LogP contribution in [0.5, 0.6) is 0 Å². The number of nitrogens with zero attached hydrogens (tertiary/aromatic N) is 1. The van der Waals surface area contributed by atoms with Crippen molar-refractivity contribution in [1.29, 1.82) is 0 Å². The number of amides is 1. The molecule has 1 aromatic heterocycles. The minimum atomic E-state index is -0.267. The van der Waals surface area contributed by atoms with Gasteiger partial charge in [-0.15, -0.1) is 0 Å². The van der Waals surface area contributed by atoms with Crippen molar-refractivity contribution in [3.8, 4) is 0 Å². The number of aliphatic hydroxyl groups excluding tert-OH is 1. The van der Waals surface area contributed by atoms with Crippen LogP contribution in [0, 0.1) is 11.7 Å². The second-order valence-corrected chi connectivity index (χ2v) is 5.38. The maximum Gasteiger partial charge on any atom is 0.224 e. The van der Waals surface area contributed by atoms with Crippen LogP contribution >= 0.6 is 0 Å². The van der Waals surface area contributed by atoms with Gasteiger partial charge in [0, 0.05) is 18.2 Å². The fraction of sp³-hybridized carbons (Fsp3) is 0.294. The third-order valence-electron chi connectivity index (χ3n) is 3.36. The van der Waals surface area contributed by atoms with Gasteiger partial charge in [0.05, 0.1) is 18.5 Å². The molecule has 0 saturated carbocycles. The molecule has 5 heteroatoms. The lowest BCUT2D eigenvalue weighted by atomic mass is 9.97. The molecule has 0 bridgehead atoms. The van der Waals surface area contributed by atoms with E-state index in [0.717, 1.165) is 5.56 Å². The summed E-state index contributed by atoms with van der Waals surface area (Å²) >= 11 is 0. The average Bonchev–Trinajstić information content (AvgIpc) is 2.47. The first-order chi connectivity index (χ1) is 10.6. The molecule has 1 heterocycles. The summed E-state index contributed by atoms with van der Waals surface area (Å²) in [6.45, 7) is 1.79. The van der Waals surface area contributed by atoms with Crippen LogP contribution < -0.4 is 5.32 Å². The van der Waals surface area contributed by atoms with Gasteiger partial charge in [-0.2, -0.15) is 0 Å². The SMILES string of the molecule is CC(CC(=O)Nc1cnccc1CO)Cc1cccc(F)c1. The molecule has 1 unspecified atom stereocenters. The Morgan fingerprint density at radius 3 is 2.95 bits per heavy atom. The number of pyridine rings is 1. The highest BCUT2D eigenvalue weighted by atomic mass is 19.1. The summed E-state index contributed by atoms with van der Waals surface area (Å²) in [7, 11) is 0. The van der Waals surface area contributed by atoms with Gasteiger partial charge in [-0.25, -0.2) is 4.39 Å². The van der Waals surface area contributed by atoms with Gasteiger partial charge < -0.3 is 10.4 Å². The van der Waals surface area contributed by atoms with E-state index >= 15 is 0 Å². The highest BCUT2D eigenvalue weighted by Crippen LogP contribution is 2.17. The maximum atomic E-state index is 13.1. The second kappa shape index (κ2) is 7.66. The third kappa shape index (κ3) is 4.63. The van der Waals surface area contributed by atoms with Crippen LogP contribution in [0.3, 0.4) is 0 Å². The van der Waals surface area contributed by atoms with E-state index in [1.165, 1.54) is 18.3 Å². The number of aromatic nitrogens is 1. The quantitative estimate of drug-likeness (QED) is 0.862. The molecule has 2 aromatic rings. The second-order valence-electron chi connectivity index (χ2n) is 5.38. The number of anilines is 1. The fourth-order valence-corrected chi connectivity index (χ4v) is 2.33. The lowest BCUT2D eigenvalue weighted by Gasteiger charge is -2.13. The number of hydrogen-bond donors (Lipinski definition) is 2. The number of benzene rings is 1. The Bertz CT molecular complexity index is 646. The van der Waals surface area contributed by atoms with Gasteiger partial charge >= 0.3 is 0 Å². The Kier molecular flexibility index (Phi) is 5.61. The molecule has 22 heavy (non-hydrogen) atoms. The van der Waals surface area contributed by atoms with Gasteiger partial charge in [0.25, 0.3) is 0 Å². The molecule has 0 radical (unpaired) electrons. The smallest absolute Gasteiger partial charge is 0.224 e. The van der Waals surface area contributed by atoms with Gasteiger partial charge in [0.1, 0.15) is 5.82 Å². The zero-order chi connectivity index (χ0) is 15.9. The molecule has 0 aliphatic rings. The molecule has 1 amide bonds. The molecule has 1 atom stereocenters. The monoisotopic (exact) mass is 302 g/mol. The average molecular weight is 302 g/mol. The molecule has 4 nitrogen and oxygen atoms in total. The first-order valence-electron chi connectivity index (χ1n) is 7.16. The predicted molar refractivity (Wildman–Crippen MR) is 82.7 cm³/mol. The number of rotatable bonds is 6. The Labute approximate surface area is 129 Å². The zero-order valence-corrected chi connectivity index (χ0v) is 12.4. The highest BCUT2D eigenvalue weighted by Gasteiger charge is 2.12. The van der Waals surface area contributed by atoms with Crippen LogP contribution in [-0.2, 0) is 17.8 Å². The van der Waals surface area contributed by atoms with Crippen LogP contribution in [0.4, 0.5) is 10.1 Å². The van der Waals surface area contributed by atoms with Gasteiger partial charge in [0.15, 0.2) is 0 Å². The number of halogens is 1. The van der Waals surface area contributed by atoms with Crippen molar-refractivity contribution in [3.63, 3.8) is 0 Å². The first-order valence-corrected chi connectivity index (χ1v) is 7.16. The summed E-state index contributed by atoms with van der Waals surface area (Å²) in [6, 6.07) is 8.06. The number of aliphatic hydroxyl groups is 1. The summed E-state index contributed by atoms with van der Waals surface area (Å²) < 4.78 is 13.1. The lowest BCUT2D eigenvalue weighted by molar-refractivity contribution is -0.116. The van der Waals surface area contributed by atoms with E-state index in [9.17, 15) is 14.3 Å². The van der Waals surface area contributed by atoms with E-state index in [1.54, 1.807) is 18.3 Å². The number of nitrogens with one attached hydrogen (secondary N) is 1. The van der Waals surface area contributed by atoms with Crippen molar-refractivity contribution >= 4 is 11.6 Å². The van der Waals surface area contributed by atoms with Crippen molar-refractivity contribution < 1.29 is 14.3 Å². The molecule has 2 rings (SSSR count). The molecule has 1 aromatic carbocycles. The van der Waals surface area contributed by atoms with Crippen molar-refractivity contribution in [3.05, 3.63) is 59.7 Å². The molecule has 0 aliphatic heterocycles. The number of carbonyl (C=O) groups excluding carboxylic acids is 1. The molecule has 0 fully saturated rings. The third-order valence-corrected chi connectivity index (χ3v) is 3.36. The van der Waals surface area contributed by atoms with E-state index in [-0.39, 0.29) is 24.2 Å². The normalized spacial score (nSPS) is 12.0. The van der Waals surface area contributed by atoms with E-state index < -0.39 is 0 Å². The maximum absolute atomic E-state index is 13.1. The van der Waals surface area contributed by atoms with Crippen LogP contribution in [0.1, 0.15) is 24.5 Å². The Balaban J connectivity index is 1.91. The van der Waals surface area contributed by atoms with Gasteiger partial charge in [-0.1, -0.05) is 19.1 Å². The highest BCUT2D eigenvalue weighted by molar-refractivity contribution is 5.91. The molecule has 0 saturated heterocycles. The number of hydrogen-bond acceptors (Lipinski definition) is 3. The fourth-order valence-electron chi connectivity index (χ4n) is 2.33. The summed E-state index contributed by atoms with van der Waals surface area (Å²) in [6.07, 6.45) is 4.02. The molecule has 0 spiro atoms. The van der Waals surface area contributed by atoms with Crippen molar-refractivity contribution in [2.45, 2.75) is 26.4 Å². The topological polar surface area (TPSA) is 62.2 Å². The lowest BCUT2D eigenvalue weighted by Crippen LogP contribution is -2.17. The van der Waals surface area contributed by atoms with Crippen molar-refractivity contribution in [2.75, 3.05) is 5.32 Å². The summed E-state index contributed by atoms with van der Waals surface area (Å²) in [5.74, 6) is -0.334. The van der Waals surface area contributed by atoms with E-state index in [0.29, 0.717) is 24.1 Å². The minimum absolute atomic E-state index is 0.0797. The van der Waals surface area contributed by atoms with Crippen molar-refractivity contribution in [2.24, 2.45) is 5.92 Å². The molecule has 2 N–H and O–H groups in total. The summed E-state index contributed by atoms with van der Waals surface area (Å²) in [5, 5.41) is 12.0. The minimum Gasteiger partial charge on any atom is -0.392 e. The van der Waals surface area contributed by atoms with E-state index in [2.05, 4.69) is 10.3 Å². The van der Waals surface area contributed by atoms with Crippen LogP contribution in [-0.4, -0.2) is 16.0 Å². The molecule has 116 valence electrons. The molecular formula is C17H19FN2O2. The van der Waals surface area contributed by atoms with Crippen LogP contribution in [0.15, 0.2) is 42.7 Å². The van der Waals surface area contributed by atoms with Crippen LogP contribution in [0.2, 0.25) is 0 Å².